The third-order valence-electron chi connectivity index (χ3n) is 2.03. The lowest BCUT2D eigenvalue weighted by atomic mass is 9.98. The highest BCUT2D eigenvalue weighted by atomic mass is 14.0. The second-order valence-corrected chi connectivity index (χ2v) is 4.18. The van der Waals surface area contributed by atoms with Crippen molar-refractivity contribution < 1.29 is 0 Å². The fraction of sp³-hybridized carbons (Fsp3) is 0.833. The van der Waals surface area contributed by atoms with Gasteiger partial charge in [0.2, 0.25) is 0 Å². The van der Waals surface area contributed by atoms with Crippen molar-refractivity contribution in [2.24, 2.45) is 11.8 Å². The minimum Gasteiger partial charge on any atom is -0.0883 e. The Morgan fingerprint density at radius 2 is 1.83 bits per heavy atom. The molecule has 0 heteroatoms. The van der Waals surface area contributed by atoms with Crippen LogP contribution in [0.2, 0.25) is 0 Å². The average Bonchev–Trinajstić information content (AvgIpc) is 1.97. The average molecular weight is 168 g/mol. The van der Waals surface area contributed by atoms with Gasteiger partial charge in [-0.1, -0.05) is 52.7 Å². The molecule has 0 aliphatic rings. The Morgan fingerprint density at radius 1 is 1.17 bits per heavy atom. The van der Waals surface area contributed by atoms with Gasteiger partial charge in [-0.3, -0.25) is 0 Å². The molecule has 0 rings (SSSR count). The van der Waals surface area contributed by atoms with Crippen molar-refractivity contribution in [3.8, 4) is 0 Å². The lowest BCUT2D eigenvalue weighted by molar-refractivity contribution is 0.502. The zero-order valence-electron chi connectivity index (χ0n) is 9.14. The van der Waals surface area contributed by atoms with Gasteiger partial charge in [0, 0.05) is 0 Å². The van der Waals surface area contributed by atoms with E-state index in [0.29, 0.717) is 0 Å². The maximum atomic E-state index is 2.37. The summed E-state index contributed by atoms with van der Waals surface area (Å²) in [7, 11) is 0. The molecule has 0 saturated heterocycles. The van der Waals surface area contributed by atoms with Gasteiger partial charge in [-0.15, -0.1) is 0 Å². The minimum absolute atomic E-state index is 0.766. The van der Waals surface area contributed by atoms with Crippen LogP contribution in [0, 0.1) is 11.8 Å². The summed E-state index contributed by atoms with van der Waals surface area (Å²) in [6, 6.07) is 0. The van der Waals surface area contributed by atoms with E-state index in [-0.39, 0.29) is 0 Å². The first-order valence-corrected chi connectivity index (χ1v) is 5.33. The lowest BCUT2D eigenvalue weighted by Gasteiger charge is -2.08. The molecule has 12 heavy (non-hydrogen) atoms. The van der Waals surface area contributed by atoms with Gasteiger partial charge in [-0.05, 0) is 24.7 Å². The third-order valence-corrected chi connectivity index (χ3v) is 2.03. The van der Waals surface area contributed by atoms with Crippen LogP contribution < -0.4 is 0 Å². The van der Waals surface area contributed by atoms with E-state index in [2.05, 4.69) is 39.8 Å². The summed E-state index contributed by atoms with van der Waals surface area (Å²) in [5.41, 5.74) is 0. The van der Waals surface area contributed by atoms with E-state index in [4.69, 9.17) is 0 Å². The van der Waals surface area contributed by atoms with Crippen molar-refractivity contribution in [1.29, 1.82) is 0 Å². The van der Waals surface area contributed by atoms with Gasteiger partial charge < -0.3 is 0 Å². The SMILES string of the molecule is CCCCC=CC(C)CC(C)C. The van der Waals surface area contributed by atoms with Crippen LogP contribution in [0.1, 0.15) is 53.4 Å². The van der Waals surface area contributed by atoms with Gasteiger partial charge in [0.15, 0.2) is 0 Å². The van der Waals surface area contributed by atoms with E-state index < -0.39 is 0 Å². The highest BCUT2D eigenvalue weighted by Crippen LogP contribution is 2.12. The molecule has 0 bridgehead atoms. The molecule has 0 aromatic carbocycles. The van der Waals surface area contributed by atoms with E-state index in [1.54, 1.807) is 0 Å². The first-order chi connectivity index (χ1) is 5.66. The first kappa shape index (κ1) is 11.7. The first-order valence-electron chi connectivity index (χ1n) is 5.33. The Labute approximate surface area is 78.1 Å². The van der Waals surface area contributed by atoms with Crippen molar-refractivity contribution in [1.82, 2.24) is 0 Å². The van der Waals surface area contributed by atoms with Crippen LogP contribution in [0.3, 0.4) is 0 Å². The second-order valence-electron chi connectivity index (χ2n) is 4.18. The molecule has 0 nitrogen and oxygen atoms in total. The molecule has 0 radical (unpaired) electrons. The summed E-state index contributed by atoms with van der Waals surface area (Å²) >= 11 is 0. The zero-order valence-corrected chi connectivity index (χ0v) is 9.14. The minimum atomic E-state index is 0.766. The highest BCUT2D eigenvalue weighted by Gasteiger charge is 1.99. The molecule has 0 aliphatic heterocycles. The molecular weight excluding hydrogens is 144 g/mol. The Balaban J connectivity index is 3.40. The Morgan fingerprint density at radius 3 is 2.33 bits per heavy atom. The van der Waals surface area contributed by atoms with Crippen molar-refractivity contribution in [2.75, 3.05) is 0 Å². The summed E-state index contributed by atoms with van der Waals surface area (Å²) in [4.78, 5) is 0. The maximum Gasteiger partial charge on any atom is -0.0260 e. The summed E-state index contributed by atoms with van der Waals surface area (Å²) in [6.45, 7) is 9.13. The van der Waals surface area contributed by atoms with Crippen molar-refractivity contribution in [2.45, 2.75) is 53.4 Å². The molecule has 0 heterocycles. The molecule has 1 unspecified atom stereocenters. The van der Waals surface area contributed by atoms with Crippen LogP contribution in [0.15, 0.2) is 12.2 Å². The molecule has 72 valence electrons. The lowest BCUT2D eigenvalue weighted by Crippen LogP contribution is -1.95. The second kappa shape index (κ2) is 7.39. The number of hydrogen-bond acceptors (Lipinski definition) is 0. The summed E-state index contributed by atoms with van der Waals surface area (Å²) in [5.74, 6) is 1.60. The van der Waals surface area contributed by atoms with Crippen molar-refractivity contribution in [3.63, 3.8) is 0 Å². The molecule has 0 aromatic heterocycles. The standard InChI is InChI=1S/C12H24/c1-5-6-7-8-9-12(4)10-11(2)3/h8-9,11-12H,5-7,10H2,1-4H3. The predicted molar refractivity (Wildman–Crippen MR) is 57.3 cm³/mol. The van der Waals surface area contributed by atoms with E-state index >= 15 is 0 Å². The fourth-order valence-electron chi connectivity index (χ4n) is 1.47. The normalized spacial score (nSPS) is 14.4. The molecule has 0 spiro atoms. The van der Waals surface area contributed by atoms with Gasteiger partial charge >= 0.3 is 0 Å². The summed E-state index contributed by atoms with van der Waals surface area (Å²) < 4.78 is 0. The Bertz CT molecular complexity index is 111. The van der Waals surface area contributed by atoms with E-state index in [0.717, 1.165) is 11.8 Å². The maximum absolute atomic E-state index is 2.37. The zero-order chi connectivity index (χ0) is 9.40. The topological polar surface area (TPSA) is 0 Å². The molecule has 1 atom stereocenters. The predicted octanol–water partition coefficient (Wildman–Crippen LogP) is 4.42. The van der Waals surface area contributed by atoms with E-state index in [1.165, 1.54) is 25.7 Å². The van der Waals surface area contributed by atoms with E-state index in [1.807, 2.05) is 0 Å². The number of unbranched alkanes of at least 4 members (excludes halogenated alkanes) is 2. The van der Waals surface area contributed by atoms with Gasteiger partial charge in [0.1, 0.15) is 0 Å². The monoisotopic (exact) mass is 168 g/mol. The highest BCUT2D eigenvalue weighted by molar-refractivity contribution is 4.86. The van der Waals surface area contributed by atoms with Crippen LogP contribution in [0.5, 0.6) is 0 Å². The van der Waals surface area contributed by atoms with Gasteiger partial charge in [-0.2, -0.15) is 0 Å². The molecule has 0 aliphatic carbocycles. The number of rotatable bonds is 6. The largest absolute Gasteiger partial charge is 0.0883 e. The van der Waals surface area contributed by atoms with Crippen LogP contribution >= 0.6 is 0 Å². The molecule has 0 amide bonds. The number of hydrogen-bond donors (Lipinski definition) is 0. The summed E-state index contributed by atoms with van der Waals surface area (Å²) in [6.07, 6.45) is 9.95. The van der Waals surface area contributed by atoms with Crippen molar-refractivity contribution in [3.05, 3.63) is 12.2 Å². The Kier molecular flexibility index (Phi) is 7.23. The van der Waals surface area contributed by atoms with Gasteiger partial charge in [0.25, 0.3) is 0 Å². The van der Waals surface area contributed by atoms with Gasteiger partial charge in [-0.25, -0.2) is 0 Å². The third kappa shape index (κ3) is 7.84. The van der Waals surface area contributed by atoms with E-state index in [9.17, 15) is 0 Å². The molecule has 0 N–H and O–H groups in total. The van der Waals surface area contributed by atoms with Crippen LogP contribution in [-0.4, -0.2) is 0 Å². The van der Waals surface area contributed by atoms with Gasteiger partial charge in [0.05, 0.1) is 0 Å². The van der Waals surface area contributed by atoms with Crippen LogP contribution in [-0.2, 0) is 0 Å². The molecule has 0 fully saturated rings. The summed E-state index contributed by atoms with van der Waals surface area (Å²) in [5, 5.41) is 0. The fourth-order valence-corrected chi connectivity index (χ4v) is 1.47. The molecular formula is C12H24. The Hall–Kier alpha value is -0.260. The molecule has 0 aromatic rings. The van der Waals surface area contributed by atoms with Crippen LogP contribution in [0.25, 0.3) is 0 Å². The molecule has 0 saturated carbocycles. The smallest absolute Gasteiger partial charge is 0.0260 e. The van der Waals surface area contributed by atoms with Crippen molar-refractivity contribution >= 4 is 0 Å². The number of allylic oxidation sites excluding steroid dienone is 2. The quantitative estimate of drug-likeness (QED) is 0.407. The van der Waals surface area contributed by atoms with Crippen LogP contribution in [0.4, 0.5) is 0 Å².